The molecule has 0 aromatic carbocycles. The van der Waals surface area contributed by atoms with Crippen LogP contribution in [0.4, 0.5) is 0 Å². The summed E-state index contributed by atoms with van der Waals surface area (Å²) in [5.41, 5.74) is 0. The molecule has 1 aliphatic carbocycles. The van der Waals surface area contributed by atoms with Gasteiger partial charge in [0.05, 0.1) is 6.54 Å². The fourth-order valence-electron chi connectivity index (χ4n) is 2.77. The third-order valence-corrected chi connectivity index (χ3v) is 4.27. The van der Waals surface area contributed by atoms with Gasteiger partial charge in [0.25, 0.3) is 0 Å². The Hall–Kier alpha value is -0.900. The Labute approximate surface area is 104 Å². The van der Waals surface area contributed by atoms with Crippen molar-refractivity contribution in [3.8, 4) is 0 Å². The fourth-order valence-corrected chi connectivity index (χ4v) is 2.77. The van der Waals surface area contributed by atoms with E-state index in [0.717, 1.165) is 30.7 Å². The van der Waals surface area contributed by atoms with Crippen LogP contribution < -0.4 is 5.32 Å². The number of rotatable bonds is 4. The summed E-state index contributed by atoms with van der Waals surface area (Å²) < 4.78 is 2.10. The van der Waals surface area contributed by atoms with Crippen molar-refractivity contribution in [3.05, 3.63) is 12.2 Å². The van der Waals surface area contributed by atoms with Crippen LogP contribution in [0.5, 0.6) is 0 Å². The molecule has 96 valence electrons. The van der Waals surface area contributed by atoms with Gasteiger partial charge in [-0.25, -0.2) is 0 Å². The van der Waals surface area contributed by atoms with Gasteiger partial charge < -0.3 is 9.88 Å². The van der Waals surface area contributed by atoms with Crippen molar-refractivity contribution < 1.29 is 0 Å². The smallest absolute Gasteiger partial charge is 0.146 e. The average Bonchev–Trinajstić information content (AvgIpc) is 2.78. The molecule has 1 fully saturated rings. The monoisotopic (exact) mass is 236 g/mol. The van der Waals surface area contributed by atoms with E-state index in [1.807, 2.05) is 6.33 Å². The number of nitrogens with zero attached hydrogens (tertiary/aromatic N) is 3. The van der Waals surface area contributed by atoms with E-state index in [1.54, 1.807) is 0 Å². The third-order valence-electron chi connectivity index (χ3n) is 4.27. The number of nitrogens with one attached hydrogen (secondary N) is 1. The minimum Gasteiger partial charge on any atom is -0.317 e. The highest BCUT2D eigenvalue weighted by Crippen LogP contribution is 2.29. The summed E-state index contributed by atoms with van der Waals surface area (Å²) in [7, 11) is 0. The van der Waals surface area contributed by atoms with E-state index >= 15 is 0 Å². The zero-order chi connectivity index (χ0) is 12.3. The van der Waals surface area contributed by atoms with Crippen molar-refractivity contribution >= 4 is 0 Å². The summed E-state index contributed by atoms with van der Waals surface area (Å²) in [5, 5.41) is 11.8. The topological polar surface area (TPSA) is 42.7 Å². The highest BCUT2D eigenvalue weighted by molar-refractivity contribution is 4.88. The van der Waals surface area contributed by atoms with Crippen molar-refractivity contribution in [2.24, 2.45) is 11.8 Å². The predicted octanol–water partition coefficient (Wildman–Crippen LogP) is 2.21. The van der Waals surface area contributed by atoms with E-state index in [9.17, 15) is 0 Å². The lowest BCUT2D eigenvalue weighted by atomic mass is 9.78. The Balaban J connectivity index is 1.89. The highest BCUT2D eigenvalue weighted by Gasteiger charge is 2.26. The van der Waals surface area contributed by atoms with Gasteiger partial charge in [0.1, 0.15) is 12.2 Å². The van der Waals surface area contributed by atoms with Gasteiger partial charge in [-0.3, -0.25) is 0 Å². The number of aromatic nitrogens is 3. The molecular weight excluding hydrogens is 212 g/mol. The average molecular weight is 236 g/mol. The van der Waals surface area contributed by atoms with Crippen LogP contribution in [0.2, 0.25) is 0 Å². The molecule has 1 heterocycles. The maximum Gasteiger partial charge on any atom is 0.146 e. The lowest BCUT2D eigenvalue weighted by Gasteiger charge is -2.34. The summed E-state index contributed by atoms with van der Waals surface area (Å²) in [6.07, 6.45) is 5.84. The molecule has 0 unspecified atom stereocenters. The van der Waals surface area contributed by atoms with Gasteiger partial charge in [-0.15, -0.1) is 10.2 Å². The van der Waals surface area contributed by atoms with Gasteiger partial charge in [0.15, 0.2) is 0 Å². The second-order valence-electron chi connectivity index (χ2n) is 5.29. The first kappa shape index (κ1) is 12.6. The van der Waals surface area contributed by atoms with Crippen LogP contribution in [0.1, 0.15) is 45.9 Å². The van der Waals surface area contributed by atoms with Gasteiger partial charge in [0.2, 0.25) is 0 Å². The third kappa shape index (κ3) is 2.86. The second kappa shape index (κ2) is 5.63. The molecule has 0 bridgehead atoms. The predicted molar refractivity (Wildman–Crippen MR) is 68.5 cm³/mol. The first-order chi connectivity index (χ1) is 8.22. The van der Waals surface area contributed by atoms with E-state index in [-0.39, 0.29) is 0 Å². The van der Waals surface area contributed by atoms with Crippen LogP contribution in [-0.2, 0) is 13.1 Å². The molecule has 0 saturated heterocycles. The Morgan fingerprint density at radius 1 is 1.41 bits per heavy atom. The first-order valence-electron chi connectivity index (χ1n) is 6.82. The van der Waals surface area contributed by atoms with Crippen molar-refractivity contribution in [1.82, 2.24) is 20.1 Å². The molecule has 4 heteroatoms. The van der Waals surface area contributed by atoms with Gasteiger partial charge in [-0.05, 0) is 25.2 Å². The molecule has 0 spiro atoms. The van der Waals surface area contributed by atoms with Gasteiger partial charge in [0, 0.05) is 12.6 Å². The largest absolute Gasteiger partial charge is 0.317 e. The Morgan fingerprint density at radius 3 is 3.00 bits per heavy atom. The quantitative estimate of drug-likeness (QED) is 0.871. The Bertz CT molecular complexity index is 347. The lowest BCUT2D eigenvalue weighted by Crippen LogP contribution is -2.40. The fraction of sp³-hybridized carbons (Fsp3) is 0.846. The minimum atomic E-state index is 0.640. The molecule has 2 rings (SSSR count). The van der Waals surface area contributed by atoms with E-state index in [0.29, 0.717) is 6.04 Å². The molecule has 1 aromatic rings. The lowest BCUT2D eigenvalue weighted by molar-refractivity contribution is 0.204. The molecule has 17 heavy (non-hydrogen) atoms. The van der Waals surface area contributed by atoms with E-state index < -0.39 is 0 Å². The molecule has 4 nitrogen and oxygen atoms in total. The summed E-state index contributed by atoms with van der Waals surface area (Å²) in [6, 6.07) is 0.640. The van der Waals surface area contributed by atoms with Gasteiger partial charge in [-0.2, -0.15) is 0 Å². The van der Waals surface area contributed by atoms with E-state index in [1.165, 1.54) is 19.3 Å². The van der Waals surface area contributed by atoms with Crippen LogP contribution in [0.25, 0.3) is 0 Å². The maximum atomic E-state index is 4.17. The summed E-state index contributed by atoms with van der Waals surface area (Å²) in [5.74, 6) is 2.66. The number of aryl methyl sites for hydroxylation is 1. The SMILES string of the molecule is CCn1cnnc1CN[C@@H]1CCC[C@H](C)[C@H]1C. The van der Waals surface area contributed by atoms with Crippen LogP contribution in [-0.4, -0.2) is 20.8 Å². The molecule has 0 aliphatic heterocycles. The summed E-state index contributed by atoms with van der Waals surface area (Å²) >= 11 is 0. The Morgan fingerprint density at radius 2 is 2.24 bits per heavy atom. The van der Waals surface area contributed by atoms with Crippen molar-refractivity contribution in [2.45, 2.75) is 59.2 Å². The Kier molecular flexibility index (Phi) is 4.15. The molecule has 1 aromatic heterocycles. The van der Waals surface area contributed by atoms with Gasteiger partial charge >= 0.3 is 0 Å². The molecule has 0 radical (unpaired) electrons. The molecule has 0 amide bonds. The van der Waals surface area contributed by atoms with E-state index in [4.69, 9.17) is 0 Å². The van der Waals surface area contributed by atoms with E-state index in [2.05, 4.69) is 40.9 Å². The molecule has 3 atom stereocenters. The van der Waals surface area contributed by atoms with Crippen molar-refractivity contribution in [1.29, 1.82) is 0 Å². The maximum absolute atomic E-state index is 4.17. The zero-order valence-corrected chi connectivity index (χ0v) is 11.2. The van der Waals surface area contributed by atoms with Crippen LogP contribution in [0.15, 0.2) is 6.33 Å². The van der Waals surface area contributed by atoms with Crippen LogP contribution in [0, 0.1) is 11.8 Å². The van der Waals surface area contributed by atoms with Crippen molar-refractivity contribution in [2.75, 3.05) is 0 Å². The summed E-state index contributed by atoms with van der Waals surface area (Å²) in [6.45, 7) is 8.65. The normalized spacial score (nSPS) is 29.5. The van der Waals surface area contributed by atoms with Crippen LogP contribution >= 0.6 is 0 Å². The molecular formula is C13H24N4. The first-order valence-corrected chi connectivity index (χ1v) is 6.82. The number of hydrogen-bond acceptors (Lipinski definition) is 3. The molecule has 1 N–H and O–H groups in total. The van der Waals surface area contributed by atoms with Crippen molar-refractivity contribution in [3.63, 3.8) is 0 Å². The standard InChI is InChI=1S/C13H24N4/c1-4-17-9-15-16-13(17)8-14-12-7-5-6-10(2)11(12)3/h9-12,14H,4-8H2,1-3H3/t10-,11+,12+/m0/s1. The second-order valence-corrected chi connectivity index (χ2v) is 5.29. The minimum absolute atomic E-state index is 0.640. The molecule has 1 aliphatic rings. The van der Waals surface area contributed by atoms with Gasteiger partial charge in [-0.1, -0.05) is 26.7 Å². The molecule has 1 saturated carbocycles. The van der Waals surface area contributed by atoms with Crippen LogP contribution in [0.3, 0.4) is 0 Å². The summed E-state index contributed by atoms with van der Waals surface area (Å²) in [4.78, 5) is 0. The number of hydrogen-bond donors (Lipinski definition) is 1. The zero-order valence-electron chi connectivity index (χ0n) is 11.2. The highest BCUT2D eigenvalue weighted by atomic mass is 15.3.